The first-order valence-electron chi connectivity index (χ1n) is 6.64. The van der Waals surface area contributed by atoms with Gasteiger partial charge in [-0.15, -0.1) is 0 Å². The standard InChI is InChI=1S/C15H22F3N/c1-11(2)8-13-4-6-14(7-5-13)10-19-12(3)9-15(16,17)18/h4-7,11-12,19H,8-10H2,1-3H3. The van der Waals surface area contributed by atoms with Gasteiger partial charge in [0.05, 0.1) is 6.42 Å². The first-order chi connectivity index (χ1) is 8.76. The molecule has 0 radical (unpaired) electrons. The minimum atomic E-state index is -4.10. The van der Waals surface area contributed by atoms with Gasteiger partial charge in [-0.1, -0.05) is 38.1 Å². The molecular formula is C15H22F3N. The van der Waals surface area contributed by atoms with Gasteiger partial charge < -0.3 is 5.32 Å². The van der Waals surface area contributed by atoms with Gasteiger partial charge in [0.1, 0.15) is 0 Å². The number of benzene rings is 1. The lowest BCUT2D eigenvalue weighted by atomic mass is 10.0. The zero-order valence-electron chi connectivity index (χ0n) is 11.7. The summed E-state index contributed by atoms with van der Waals surface area (Å²) in [5.74, 6) is 0.607. The lowest BCUT2D eigenvalue weighted by Gasteiger charge is -2.16. The molecule has 1 aromatic rings. The topological polar surface area (TPSA) is 12.0 Å². The quantitative estimate of drug-likeness (QED) is 0.814. The van der Waals surface area contributed by atoms with E-state index in [1.165, 1.54) is 5.56 Å². The number of rotatable bonds is 6. The molecule has 0 heterocycles. The Morgan fingerprint density at radius 1 is 1.00 bits per heavy atom. The third-order valence-corrected chi connectivity index (χ3v) is 2.86. The van der Waals surface area contributed by atoms with Gasteiger partial charge in [0, 0.05) is 12.6 Å². The molecule has 1 atom stereocenters. The van der Waals surface area contributed by atoms with E-state index in [2.05, 4.69) is 19.2 Å². The van der Waals surface area contributed by atoms with Crippen LogP contribution in [0.4, 0.5) is 13.2 Å². The van der Waals surface area contributed by atoms with Crippen LogP contribution in [-0.4, -0.2) is 12.2 Å². The molecule has 0 amide bonds. The summed E-state index contributed by atoms with van der Waals surface area (Å²) in [5, 5.41) is 2.90. The maximum atomic E-state index is 12.2. The van der Waals surface area contributed by atoms with Gasteiger partial charge in [0.2, 0.25) is 0 Å². The van der Waals surface area contributed by atoms with Crippen molar-refractivity contribution >= 4 is 0 Å². The van der Waals surface area contributed by atoms with Gasteiger partial charge in [0.25, 0.3) is 0 Å². The zero-order chi connectivity index (χ0) is 14.5. The van der Waals surface area contributed by atoms with E-state index >= 15 is 0 Å². The van der Waals surface area contributed by atoms with E-state index < -0.39 is 18.6 Å². The van der Waals surface area contributed by atoms with E-state index in [0.29, 0.717) is 12.5 Å². The lowest BCUT2D eigenvalue weighted by molar-refractivity contribution is -0.139. The predicted octanol–water partition coefficient (Wildman–Crippen LogP) is 4.32. The van der Waals surface area contributed by atoms with Crippen molar-refractivity contribution in [3.63, 3.8) is 0 Å². The highest BCUT2D eigenvalue weighted by Gasteiger charge is 2.29. The van der Waals surface area contributed by atoms with Crippen molar-refractivity contribution < 1.29 is 13.2 Å². The number of alkyl halides is 3. The Bertz CT molecular complexity index is 368. The highest BCUT2D eigenvalue weighted by atomic mass is 19.4. The van der Waals surface area contributed by atoms with Crippen LogP contribution in [0.5, 0.6) is 0 Å². The van der Waals surface area contributed by atoms with Crippen LogP contribution in [0, 0.1) is 5.92 Å². The van der Waals surface area contributed by atoms with Crippen molar-refractivity contribution in [1.82, 2.24) is 5.32 Å². The Hall–Kier alpha value is -1.03. The summed E-state index contributed by atoms with van der Waals surface area (Å²) in [5.41, 5.74) is 2.28. The molecule has 1 N–H and O–H groups in total. The average molecular weight is 273 g/mol. The second-order valence-corrected chi connectivity index (χ2v) is 5.52. The summed E-state index contributed by atoms with van der Waals surface area (Å²) in [6.07, 6.45) is -3.87. The van der Waals surface area contributed by atoms with Crippen LogP contribution in [0.1, 0.15) is 38.3 Å². The molecule has 0 aliphatic rings. The van der Waals surface area contributed by atoms with E-state index in [4.69, 9.17) is 0 Å². The number of nitrogens with one attached hydrogen (secondary N) is 1. The highest BCUT2D eigenvalue weighted by molar-refractivity contribution is 5.22. The Morgan fingerprint density at radius 3 is 2.00 bits per heavy atom. The van der Waals surface area contributed by atoms with Gasteiger partial charge in [-0.2, -0.15) is 13.2 Å². The Labute approximate surface area is 113 Å². The van der Waals surface area contributed by atoms with Crippen LogP contribution in [0.2, 0.25) is 0 Å². The molecule has 1 aromatic carbocycles. The van der Waals surface area contributed by atoms with E-state index in [0.717, 1.165) is 12.0 Å². The number of hydrogen-bond donors (Lipinski definition) is 1. The molecule has 108 valence electrons. The fourth-order valence-corrected chi connectivity index (χ4v) is 1.98. The predicted molar refractivity (Wildman–Crippen MR) is 72.0 cm³/mol. The number of halogens is 3. The highest BCUT2D eigenvalue weighted by Crippen LogP contribution is 2.21. The smallest absolute Gasteiger partial charge is 0.310 e. The Balaban J connectivity index is 2.41. The lowest BCUT2D eigenvalue weighted by Crippen LogP contribution is -2.30. The summed E-state index contributed by atoms with van der Waals surface area (Å²) < 4.78 is 36.5. The van der Waals surface area contributed by atoms with Gasteiger partial charge >= 0.3 is 6.18 Å². The third kappa shape index (κ3) is 7.21. The second kappa shape index (κ2) is 6.94. The molecule has 0 aliphatic heterocycles. The molecule has 0 fully saturated rings. The van der Waals surface area contributed by atoms with E-state index in [9.17, 15) is 13.2 Å². The molecule has 4 heteroatoms. The SMILES string of the molecule is CC(C)Cc1ccc(CNC(C)CC(F)(F)F)cc1. The van der Waals surface area contributed by atoms with Crippen molar-refractivity contribution in [2.45, 2.75) is 52.4 Å². The first-order valence-corrected chi connectivity index (χ1v) is 6.64. The molecule has 0 bridgehead atoms. The summed E-state index contributed by atoms with van der Waals surface area (Å²) in [6, 6.07) is 7.49. The van der Waals surface area contributed by atoms with Gasteiger partial charge in [-0.05, 0) is 30.4 Å². The maximum absolute atomic E-state index is 12.2. The van der Waals surface area contributed by atoms with Crippen molar-refractivity contribution in [3.05, 3.63) is 35.4 Å². The van der Waals surface area contributed by atoms with E-state index in [1.807, 2.05) is 24.3 Å². The number of hydrogen-bond acceptors (Lipinski definition) is 1. The largest absolute Gasteiger partial charge is 0.390 e. The fraction of sp³-hybridized carbons (Fsp3) is 0.600. The summed E-state index contributed by atoms with van der Waals surface area (Å²) >= 11 is 0. The van der Waals surface area contributed by atoms with Crippen LogP contribution in [0.25, 0.3) is 0 Å². The fourth-order valence-electron chi connectivity index (χ4n) is 1.98. The van der Waals surface area contributed by atoms with Crippen molar-refractivity contribution in [1.29, 1.82) is 0 Å². The van der Waals surface area contributed by atoms with Crippen molar-refractivity contribution in [2.24, 2.45) is 5.92 Å². The normalized spacial score (nSPS) is 13.8. The van der Waals surface area contributed by atoms with Crippen LogP contribution in [0.3, 0.4) is 0 Å². The van der Waals surface area contributed by atoms with Crippen molar-refractivity contribution in [3.8, 4) is 0 Å². The minimum absolute atomic E-state index is 0.471. The van der Waals surface area contributed by atoms with Crippen LogP contribution >= 0.6 is 0 Å². The first kappa shape index (κ1) is 16.0. The monoisotopic (exact) mass is 273 g/mol. The molecular weight excluding hydrogens is 251 g/mol. The molecule has 1 rings (SSSR count). The Kier molecular flexibility index (Phi) is 5.85. The molecule has 0 spiro atoms. The van der Waals surface area contributed by atoms with Crippen LogP contribution < -0.4 is 5.32 Å². The van der Waals surface area contributed by atoms with Crippen LogP contribution in [-0.2, 0) is 13.0 Å². The average Bonchev–Trinajstić information content (AvgIpc) is 2.25. The van der Waals surface area contributed by atoms with Gasteiger partial charge in [0.15, 0.2) is 0 Å². The van der Waals surface area contributed by atoms with E-state index in [-0.39, 0.29) is 0 Å². The molecule has 1 unspecified atom stereocenters. The molecule has 1 nitrogen and oxygen atoms in total. The summed E-state index contributed by atoms with van der Waals surface area (Å²) in [4.78, 5) is 0. The molecule has 0 aliphatic carbocycles. The molecule has 0 aromatic heterocycles. The minimum Gasteiger partial charge on any atom is -0.310 e. The molecule has 0 saturated carbocycles. The summed E-state index contributed by atoms with van der Waals surface area (Å²) in [6.45, 7) is 6.35. The summed E-state index contributed by atoms with van der Waals surface area (Å²) in [7, 11) is 0. The zero-order valence-corrected chi connectivity index (χ0v) is 11.7. The maximum Gasteiger partial charge on any atom is 0.390 e. The molecule has 19 heavy (non-hydrogen) atoms. The second-order valence-electron chi connectivity index (χ2n) is 5.52. The van der Waals surface area contributed by atoms with Crippen LogP contribution in [0.15, 0.2) is 24.3 Å². The molecule has 0 saturated heterocycles. The third-order valence-electron chi connectivity index (χ3n) is 2.86. The van der Waals surface area contributed by atoms with Crippen molar-refractivity contribution in [2.75, 3.05) is 0 Å². The van der Waals surface area contributed by atoms with Gasteiger partial charge in [-0.25, -0.2) is 0 Å². The van der Waals surface area contributed by atoms with E-state index in [1.54, 1.807) is 6.92 Å². The Morgan fingerprint density at radius 2 is 1.53 bits per heavy atom. The van der Waals surface area contributed by atoms with Gasteiger partial charge in [-0.3, -0.25) is 0 Å².